The van der Waals surface area contributed by atoms with E-state index in [0.29, 0.717) is 22.3 Å². The number of halogens is 3. The van der Waals surface area contributed by atoms with Gasteiger partial charge in [-0.15, -0.1) is 0 Å². The lowest BCUT2D eigenvalue weighted by Gasteiger charge is -2.31. The van der Waals surface area contributed by atoms with E-state index in [-0.39, 0.29) is 5.97 Å². The Hall–Kier alpha value is -3.48. The highest BCUT2D eigenvalue weighted by molar-refractivity contribution is 6.31. The van der Waals surface area contributed by atoms with E-state index in [1.54, 1.807) is 0 Å². The molecule has 1 saturated heterocycles. The summed E-state index contributed by atoms with van der Waals surface area (Å²) in [6, 6.07) is 24.6. The molecule has 5 nitrogen and oxygen atoms in total. The van der Waals surface area contributed by atoms with Gasteiger partial charge in [-0.25, -0.2) is 4.79 Å². The van der Waals surface area contributed by atoms with Crippen LogP contribution in [0.4, 0.5) is 0 Å². The second-order valence-electron chi connectivity index (χ2n) is 11.1. The third-order valence-corrected chi connectivity index (χ3v) is 9.11. The van der Waals surface area contributed by atoms with E-state index in [2.05, 4.69) is 23.1 Å². The summed E-state index contributed by atoms with van der Waals surface area (Å²) < 4.78 is 5.24. The van der Waals surface area contributed by atoms with Crippen molar-refractivity contribution in [3.63, 3.8) is 0 Å². The smallest absolute Gasteiger partial charge is 0.331 e. The Balaban J connectivity index is 1.30. The number of aromatic nitrogens is 1. The van der Waals surface area contributed by atoms with Crippen molar-refractivity contribution in [1.29, 1.82) is 0 Å². The monoisotopic (exact) mass is 643 g/mol. The number of piperidine rings is 1. The first-order valence-corrected chi connectivity index (χ1v) is 15.9. The van der Waals surface area contributed by atoms with Crippen LogP contribution in [0.5, 0.6) is 0 Å². The van der Waals surface area contributed by atoms with Gasteiger partial charge in [0.1, 0.15) is 0 Å². The highest BCUT2D eigenvalue weighted by Gasteiger charge is 2.28. The summed E-state index contributed by atoms with van der Waals surface area (Å²) in [6.07, 6.45) is 5.48. The Morgan fingerprint density at radius 1 is 0.841 bits per heavy atom. The Morgan fingerprint density at radius 3 is 2.09 bits per heavy atom. The molecule has 1 atom stereocenters. The molecule has 0 N–H and O–H groups in total. The number of esters is 1. The van der Waals surface area contributed by atoms with Gasteiger partial charge in [-0.3, -0.25) is 14.9 Å². The minimum absolute atomic E-state index is 0.373. The van der Waals surface area contributed by atoms with Gasteiger partial charge in [-0.1, -0.05) is 76.8 Å². The number of rotatable bonds is 6. The van der Waals surface area contributed by atoms with E-state index in [1.807, 2.05) is 66.9 Å². The number of carbonyl (C=O) groups is 1. The van der Waals surface area contributed by atoms with Crippen LogP contribution in [0.2, 0.25) is 15.1 Å². The van der Waals surface area contributed by atoms with Crippen LogP contribution in [0.3, 0.4) is 0 Å². The van der Waals surface area contributed by atoms with Crippen molar-refractivity contribution in [2.75, 3.05) is 26.7 Å². The zero-order chi connectivity index (χ0) is 30.6. The van der Waals surface area contributed by atoms with E-state index >= 15 is 0 Å². The molecule has 0 spiro atoms. The van der Waals surface area contributed by atoms with Crippen molar-refractivity contribution in [1.82, 2.24) is 9.88 Å². The highest BCUT2D eigenvalue weighted by atomic mass is 35.5. The molecular weight excluding hydrogens is 613 g/mol. The molecule has 0 radical (unpaired) electrons. The molecule has 0 bridgehead atoms. The number of hydrogen-bond acceptors (Lipinski definition) is 5. The predicted molar refractivity (Wildman–Crippen MR) is 179 cm³/mol. The maximum Gasteiger partial charge on any atom is 0.331 e. The zero-order valence-electron chi connectivity index (χ0n) is 24.4. The summed E-state index contributed by atoms with van der Waals surface area (Å²) in [5, 5.41) is 2.01. The van der Waals surface area contributed by atoms with Crippen LogP contribution in [0, 0.1) is 0 Å². The van der Waals surface area contributed by atoms with Gasteiger partial charge in [0.15, 0.2) is 6.04 Å². The molecule has 6 rings (SSSR count). The normalized spacial score (nSPS) is 15.5. The molecule has 1 aliphatic carbocycles. The van der Waals surface area contributed by atoms with Crippen molar-refractivity contribution >= 4 is 52.1 Å². The summed E-state index contributed by atoms with van der Waals surface area (Å²) in [5.41, 5.74) is 9.84. The minimum Gasteiger partial charge on any atom is -0.467 e. The molecule has 224 valence electrons. The maximum absolute atomic E-state index is 13.1. The lowest BCUT2D eigenvalue weighted by atomic mass is 9.88. The number of nitrogens with zero attached hydrogens (tertiary/aromatic N) is 3. The SMILES string of the molecule is COC(=O)C(CN1CCC(=C2c3ccc(Cl)cc3CCc3cccnc32)CC1)N=C(c1ccc(Cl)cc1)c1ccc(Cl)cc1. The molecule has 4 aromatic rings. The number of likely N-dealkylation sites (tertiary alicyclic amines) is 1. The standard InChI is InChI=1S/C36H32Cl3N3O2/c1-44-36(43)32(41-34(25-6-10-28(37)11-7-25)26-8-12-29(38)13-9-26)22-42-19-16-23(17-20-42)33-31-15-14-30(39)21-27(31)5-4-24-3-2-18-40-35(24)33/h2-3,6-15,18,21,32H,4-5,16-17,19-20,22H2,1H3. The largest absolute Gasteiger partial charge is 0.467 e. The Labute approximate surface area is 273 Å². The second-order valence-corrected chi connectivity index (χ2v) is 12.4. The summed E-state index contributed by atoms with van der Waals surface area (Å²) in [4.78, 5) is 25.3. The van der Waals surface area contributed by atoms with Gasteiger partial charge in [-0.05, 0) is 84.8 Å². The number of ether oxygens (including phenoxy) is 1. The molecule has 2 heterocycles. The van der Waals surface area contributed by atoms with E-state index in [4.69, 9.17) is 49.5 Å². The van der Waals surface area contributed by atoms with Gasteiger partial charge in [0.05, 0.1) is 18.5 Å². The van der Waals surface area contributed by atoms with Crippen molar-refractivity contribution < 1.29 is 9.53 Å². The molecule has 1 aromatic heterocycles. The molecule has 1 fully saturated rings. The molecule has 8 heteroatoms. The van der Waals surface area contributed by atoms with E-state index < -0.39 is 6.04 Å². The fourth-order valence-electron chi connectivity index (χ4n) is 6.12. The van der Waals surface area contributed by atoms with Crippen LogP contribution < -0.4 is 0 Å². The maximum atomic E-state index is 13.1. The van der Waals surface area contributed by atoms with E-state index in [1.165, 1.54) is 34.9 Å². The topological polar surface area (TPSA) is 54.8 Å². The lowest BCUT2D eigenvalue weighted by Crippen LogP contribution is -2.40. The molecular formula is C36H32Cl3N3O2. The van der Waals surface area contributed by atoms with Crippen LogP contribution in [0.25, 0.3) is 5.57 Å². The average molecular weight is 645 g/mol. The van der Waals surface area contributed by atoms with Crippen molar-refractivity contribution in [3.8, 4) is 0 Å². The number of hydrogen-bond donors (Lipinski definition) is 0. The average Bonchev–Trinajstić information content (AvgIpc) is 3.20. The third kappa shape index (κ3) is 6.77. The van der Waals surface area contributed by atoms with Gasteiger partial charge >= 0.3 is 5.97 Å². The summed E-state index contributed by atoms with van der Waals surface area (Å²) in [7, 11) is 1.41. The number of methoxy groups -OCH3 is 1. The molecule has 44 heavy (non-hydrogen) atoms. The molecule has 1 aliphatic heterocycles. The van der Waals surface area contributed by atoms with Crippen LogP contribution in [-0.4, -0.2) is 54.4 Å². The van der Waals surface area contributed by atoms with Crippen LogP contribution >= 0.6 is 34.8 Å². The highest BCUT2D eigenvalue weighted by Crippen LogP contribution is 2.38. The number of fused-ring (bicyclic) bond motifs is 2. The second kappa shape index (κ2) is 13.7. The van der Waals surface area contributed by atoms with Crippen LogP contribution in [0.1, 0.15) is 46.4 Å². The first-order chi connectivity index (χ1) is 21.4. The summed E-state index contributed by atoms with van der Waals surface area (Å²) in [6.45, 7) is 2.04. The van der Waals surface area contributed by atoms with Gasteiger partial charge in [0.2, 0.25) is 0 Å². The fourth-order valence-corrected chi connectivity index (χ4v) is 6.57. The molecule has 0 amide bonds. The first kappa shape index (κ1) is 30.5. The number of aryl methyl sites for hydroxylation is 2. The van der Waals surface area contributed by atoms with Crippen molar-refractivity contribution in [2.24, 2.45) is 4.99 Å². The number of pyridine rings is 1. The quantitative estimate of drug-likeness (QED) is 0.157. The molecule has 2 aliphatic rings. The Bertz CT molecular complexity index is 1680. The van der Waals surface area contributed by atoms with Crippen LogP contribution in [-0.2, 0) is 22.4 Å². The lowest BCUT2D eigenvalue weighted by molar-refractivity contribution is -0.142. The summed E-state index contributed by atoms with van der Waals surface area (Å²) >= 11 is 18.8. The van der Waals surface area contributed by atoms with Gasteiger partial charge in [0, 0.05) is 57.6 Å². The van der Waals surface area contributed by atoms with Gasteiger partial charge < -0.3 is 4.74 Å². The number of carbonyl (C=O) groups excluding carboxylic acids is 1. The van der Waals surface area contributed by atoms with E-state index in [0.717, 1.165) is 60.6 Å². The summed E-state index contributed by atoms with van der Waals surface area (Å²) in [5.74, 6) is -0.373. The predicted octanol–water partition coefficient (Wildman–Crippen LogP) is 8.12. The van der Waals surface area contributed by atoms with Gasteiger partial charge in [-0.2, -0.15) is 0 Å². The fraction of sp³-hybridized carbons (Fsp3) is 0.250. The molecule has 1 unspecified atom stereocenters. The van der Waals surface area contributed by atoms with Crippen LogP contribution in [0.15, 0.2) is 95.6 Å². The van der Waals surface area contributed by atoms with Gasteiger partial charge in [0.25, 0.3) is 0 Å². The van der Waals surface area contributed by atoms with Crippen molar-refractivity contribution in [3.05, 3.63) is 139 Å². The Kier molecular flexibility index (Phi) is 9.48. The number of aliphatic imine (C=N–C) groups is 1. The molecule has 0 saturated carbocycles. The van der Waals surface area contributed by atoms with E-state index in [9.17, 15) is 4.79 Å². The minimum atomic E-state index is -0.710. The first-order valence-electron chi connectivity index (χ1n) is 14.7. The van der Waals surface area contributed by atoms with Crippen molar-refractivity contribution in [2.45, 2.75) is 31.7 Å². The zero-order valence-corrected chi connectivity index (χ0v) is 26.7. The third-order valence-electron chi connectivity index (χ3n) is 8.37. The number of benzene rings is 3. The molecule has 3 aromatic carbocycles. The Morgan fingerprint density at radius 2 is 1.45 bits per heavy atom.